The molecule has 3 aromatic rings. The number of aryl methyl sites for hydroxylation is 1. The van der Waals surface area contributed by atoms with Gasteiger partial charge in [0.25, 0.3) is 5.91 Å². The van der Waals surface area contributed by atoms with E-state index in [1.807, 2.05) is 4.90 Å². The molecule has 0 N–H and O–H groups in total. The summed E-state index contributed by atoms with van der Waals surface area (Å²) in [5, 5.41) is 2.18. The molecule has 1 saturated heterocycles. The minimum Gasteiger partial charge on any atom is -0.347 e. The zero-order valence-electron chi connectivity index (χ0n) is 14.6. The van der Waals surface area contributed by atoms with Crippen LogP contribution in [0.4, 0.5) is 0 Å². The third-order valence-electron chi connectivity index (χ3n) is 5.24. The van der Waals surface area contributed by atoms with Crippen LogP contribution >= 0.6 is 23.2 Å². The Morgan fingerprint density at radius 1 is 1.15 bits per heavy atom. The Hall–Kier alpha value is -1.97. The van der Waals surface area contributed by atoms with E-state index in [0.717, 1.165) is 26.1 Å². The van der Waals surface area contributed by atoms with E-state index >= 15 is 0 Å². The normalized spacial score (nSPS) is 17.2. The lowest BCUT2D eigenvalue weighted by molar-refractivity contribution is 0.0791. The molecule has 1 aliphatic rings. The fraction of sp³-hybridized carbons (Fsp3) is 0.286. The Balaban J connectivity index is 1.59. The molecule has 3 nitrogen and oxygen atoms in total. The molecule has 1 aliphatic heterocycles. The molecule has 134 valence electrons. The molecule has 1 aromatic heterocycles. The SMILES string of the molecule is CCn1cc(C2CCN(C(=O)c3ccc(Cl)c(Cl)c3)C2)c2ccccc21. The van der Waals surface area contributed by atoms with Crippen LogP contribution in [0.5, 0.6) is 0 Å². The van der Waals surface area contributed by atoms with Crippen LogP contribution in [0.1, 0.15) is 35.2 Å². The van der Waals surface area contributed by atoms with Crippen molar-refractivity contribution < 1.29 is 4.79 Å². The first-order chi connectivity index (χ1) is 12.6. The number of hydrogen-bond acceptors (Lipinski definition) is 1. The summed E-state index contributed by atoms with van der Waals surface area (Å²) in [5.74, 6) is 0.379. The predicted octanol–water partition coefficient (Wildman–Crippen LogP) is 5.60. The minimum absolute atomic E-state index is 0.0188. The van der Waals surface area contributed by atoms with Crippen molar-refractivity contribution in [2.75, 3.05) is 13.1 Å². The van der Waals surface area contributed by atoms with Crippen LogP contribution in [0.2, 0.25) is 10.0 Å². The van der Waals surface area contributed by atoms with Gasteiger partial charge in [0.05, 0.1) is 10.0 Å². The average molecular weight is 387 g/mol. The molecule has 1 amide bonds. The highest BCUT2D eigenvalue weighted by atomic mass is 35.5. The number of nitrogens with zero attached hydrogens (tertiary/aromatic N) is 2. The van der Waals surface area contributed by atoms with Crippen LogP contribution in [0, 0.1) is 0 Å². The molecule has 0 radical (unpaired) electrons. The summed E-state index contributed by atoms with van der Waals surface area (Å²) in [7, 11) is 0. The first-order valence-electron chi connectivity index (χ1n) is 8.90. The number of aromatic nitrogens is 1. The number of hydrogen-bond donors (Lipinski definition) is 0. The third-order valence-corrected chi connectivity index (χ3v) is 5.98. The van der Waals surface area contributed by atoms with Gasteiger partial charge in [-0.15, -0.1) is 0 Å². The van der Waals surface area contributed by atoms with Crippen molar-refractivity contribution in [2.24, 2.45) is 0 Å². The van der Waals surface area contributed by atoms with E-state index in [9.17, 15) is 4.79 Å². The summed E-state index contributed by atoms with van der Waals surface area (Å²) in [6.45, 7) is 4.59. The zero-order chi connectivity index (χ0) is 18.3. The van der Waals surface area contributed by atoms with Gasteiger partial charge in [-0.2, -0.15) is 0 Å². The van der Waals surface area contributed by atoms with Crippen molar-refractivity contribution in [2.45, 2.75) is 25.8 Å². The molecule has 5 heteroatoms. The Morgan fingerprint density at radius 2 is 1.96 bits per heavy atom. The number of benzene rings is 2. The maximum Gasteiger partial charge on any atom is 0.253 e. The second-order valence-electron chi connectivity index (χ2n) is 6.75. The molecule has 1 atom stereocenters. The van der Waals surface area contributed by atoms with E-state index in [-0.39, 0.29) is 5.91 Å². The highest BCUT2D eigenvalue weighted by Gasteiger charge is 2.30. The lowest BCUT2D eigenvalue weighted by Gasteiger charge is -2.17. The number of amides is 1. The van der Waals surface area contributed by atoms with Crippen molar-refractivity contribution in [3.05, 3.63) is 69.8 Å². The number of para-hydroxylation sites is 1. The van der Waals surface area contributed by atoms with Crippen LogP contribution in [0.15, 0.2) is 48.7 Å². The van der Waals surface area contributed by atoms with E-state index in [4.69, 9.17) is 23.2 Å². The van der Waals surface area contributed by atoms with Gasteiger partial charge in [-0.3, -0.25) is 4.79 Å². The van der Waals surface area contributed by atoms with Gasteiger partial charge in [0.1, 0.15) is 0 Å². The first-order valence-corrected chi connectivity index (χ1v) is 9.66. The molecular weight excluding hydrogens is 367 g/mol. The standard InChI is InChI=1S/C21H20Cl2N2O/c1-2-24-13-17(16-5-3-4-6-20(16)24)15-9-10-25(12-15)21(26)14-7-8-18(22)19(23)11-14/h3-8,11,13,15H,2,9-10,12H2,1H3. The van der Waals surface area contributed by atoms with Crippen molar-refractivity contribution in [1.82, 2.24) is 9.47 Å². The molecule has 0 saturated carbocycles. The summed E-state index contributed by atoms with van der Waals surface area (Å²) < 4.78 is 2.29. The largest absolute Gasteiger partial charge is 0.347 e. The molecule has 1 fully saturated rings. The highest BCUT2D eigenvalue weighted by Crippen LogP contribution is 2.34. The maximum atomic E-state index is 12.8. The number of carbonyl (C=O) groups excluding carboxylic acids is 1. The van der Waals surface area contributed by atoms with Crippen LogP contribution in [0.3, 0.4) is 0 Å². The van der Waals surface area contributed by atoms with Gasteiger partial charge in [0.2, 0.25) is 0 Å². The third kappa shape index (κ3) is 3.00. The zero-order valence-corrected chi connectivity index (χ0v) is 16.1. The number of rotatable bonds is 3. The number of likely N-dealkylation sites (tertiary alicyclic amines) is 1. The van der Waals surface area contributed by atoms with Crippen molar-refractivity contribution in [3.63, 3.8) is 0 Å². The van der Waals surface area contributed by atoms with Gasteiger partial charge >= 0.3 is 0 Å². The molecule has 0 spiro atoms. The molecule has 26 heavy (non-hydrogen) atoms. The van der Waals surface area contributed by atoms with E-state index in [1.165, 1.54) is 16.5 Å². The summed E-state index contributed by atoms with van der Waals surface area (Å²) in [6.07, 6.45) is 3.23. The van der Waals surface area contributed by atoms with Gasteiger partial charge in [-0.1, -0.05) is 41.4 Å². The Morgan fingerprint density at radius 3 is 2.73 bits per heavy atom. The monoisotopic (exact) mass is 386 g/mol. The second kappa shape index (κ2) is 6.98. The van der Waals surface area contributed by atoms with E-state index in [0.29, 0.717) is 21.5 Å². The smallest absolute Gasteiger partial charge is 0.253 e. The van der Waals surface area contributed by atoms with E-state index < -0.39 is 0 Å². The number of halogens is 2. The Labute approximate surface area is 163 Å². The van der Waals surface area contributed by atoms with Crippen LogP contribution in [-0.4, -0.2) is 28.5 Å². The lowest BCUT2D eigenvalue weighted by atomic mass is 9.98. The molecule has 4 rings (SSSR count). The fourth-order valence-corrected chi connectivity index (χ4v) is 4.17. The Kier molecular flexibility index (Phi) is 4.68. The topological polar surface area (TPSA) is 25.2 Å². The van der Waals surface area contributed by atoms with Crippen LogP contribution in [0.25, 0.3) is 10.9 Å². The predicted molar refractivity (Wildman–Crippen MR) is 107 cm³/mol. The summed E-state index contributed by atoms with van der Waals surface area (Å²) >= 11 is 12.0. The molecule has 1 unspecified atom stereocenters. The second-order valence-corrected chi connectivity index (χ2v) is 7.57. The quantitative estimate of drug-likeness (QED) is 0.575. The van der Waals surface area contributed by atoms with Crippen molar-refractivity contribution in [3.8, 4) is 0 Å². The first kappa shape index (κ1) is 17.4. The van der Waals surface area contributed by atoms with Gasteiger partial charge in [-0.25, -0.2) is 0 Å². The summed E-state index contributed by atoms with van der Waals surface area (Å²) in [4.78, 5) is 14.8. The average Bonchev–Trinajstić information content (AvgIpc) is 3.28. The highest BCUT2D eigenvalue weighted by molar-refractivity contribution is 6.42. The fourth-order valence-electron chi connectivity index (χ4n) is 3.87. The van der Waals surface area contributed by atoms with Crippen molar-refractivity contribution in [1.29, 1.82) is 0 Å². The minimum atomic E-state index is 0.0188. The number of fused-ring (bicyclic) bond motifs is 1. The van der Waals surface area contributed by atoms with Crippen molar-refractivity contribution >= 4 is 40.0 Å². The van der Waals surface area contributed by atoms with Gasteiger partial charge in [0.15, 0.2) is 0 Å². The van der Waals surface area contributed by atoms with E-state index in [2.05, 4.69) is 42.0 Å². The van der Waals surface area contributed by atoms with Crippen LogP contribution < -0.4 is 0 Å². The number of carbonyl (C=O) groups is 1. The molecule has 2 aromatic carbocycles. The van der Waals surface area contributed by atoms with Crippen LogP contribution in [-0.2, 0) is 6.54 Å². The summed E-state index contributed by atoms with van der Waals surface area (Å²) in [6, 6.07) is 13.6. The Bertz CT molecular complexity index is 979. The van der Waals surface area contributed by atoms with Gasteiger partial charge < -0.3 is 9.47 Å². The van der Waals surface area contributed by atoms with Gasteiger partial charge in [-0.05, 0) is 43.2 Å². The summed E-state index contributed by atoms with van der Waals surface area (Å²) in [5.41, 5.74) is 3.20. The molecular formula is C21H20Cl2N2O. The molecule has 0 aliphatic carbocycles. The molecule has 2 heterocycles. The van der Waals surface area contributed by atoms with E-state index in [1.54, 1.807) is 18.2 Å². The molecule has 0 bridgehead atoms. The van der Waals surface area contributed by atoms with Gasteiger partial charge in [0, 0.05) is 48.2 Å². The maximum absolute atomic E-state index is 12.8. The lowest BCUT2D eigenvalue weighted by Crippen LogP contribution is -2.28.